The van der Waals surface area contributed by atoms with E-state index in [-0.39, 0.29) is 0 Å². The van der Waals surface area contributed by atoms with Crippen LogP contribution in [0.5, 0.6) is 0 Å². The van der Waals surface area contributed by atoms with E-state index in [1.54, 1.807) is 12.1 Å². The molecule has 1 aromatic heterocycles. The Bertz CT molecular complexity index is 1100. The van der Waals surface area contributed by atoms with Crippen LogP contribution in [-0.4, -0.2) is 11.4 Å². The molecule has 0 saturated carbocycles. The Hall–Kier alpha value is -2.62. The molecule has 0 aliphatic carbocycles. The molecule has 1 heterocycles. The number of aromatic nitrogens is 1. The second kappa shape index (κ2) is 6.36. The van der Waals surface area contributed by atoms with Crippen LogP contribution in [-0.2, 0) is 0 Å². The predicted molar refractivity (Wildman–Crippen MR) is 103 cm³/mol. The van der Waals surface area contributed by atoms with Crippen molar-refractivity contribution in [2.45, 2.75) is 0 Å². The van der Waals surface area contributed by atoms with Gasteiger partial charge in [0.15, 0.2) is 5.58 Å². The summed E-state index contributed by atoms with van der Waals surface area (Å²) in [4.78, 5) is 0. The second-order valence-corrected chi connectivity index (χ2v) is 6.42. The van der Waals surface area contributed by atoms with Gasteiger partial charge in [0, 0.05) is 17.2 Å². The molecule has 0 fully saturated rings. The fraction of sp³-hybridized carbons (Fsp3) is 0. The molecule has 1 N–H and O–H groups in total. The van der Waals surface area contributed by atoms with Gasteiger partial charge in [0.1, 0.15) is 5.69 Å². The minimum Gasteiger partial charge on any atom is -0.356 e. The molecule has 122 valence electrons. The molecule has 0 radical (unpaired) electrons. The molecule has 5 heteroatoms. The lowest BCUT2D eigenvalue weighted by molar-refractivity contribution is 0.459. The summed E-state index contributed by atoms with van der Waals surface area (Å²) in [5, 5.41) is 13.8. The Morgan fingerprint density at radius 2 is 1.68 bits per heavy atom. The highest BCUT2D eigenvalue weighted by Gasteiger charge is 2.13. The van der Waals surface area contributed by atoms with Crippen molar-refractivity contribution in [3.63, 3.8) is 0 Å². The third-order valence-corrected chi connectivity index (χ3v) is 4.83. The molecule has 0 atom stereocenters. The average molecular weight is 367 g/mol. The zero-order valence-corrected chi connectivity index (χ0v) is 14.5. The number of fused-ring (bicyclic) bond motifs is 1. The SMILES string of the molecule is N=Cc1ccc(-c2noc3ccccc23)cc1-c1ccc(Cl)c(Cl)c1. The van der Waals surface area contributed by atoms with Crippen molar-refractivity contribution in [1.82, 2.24) is 5.16 Å². The summed E-state index contributed by atoms with van der Waals surface area (Å²) in [6, 6.07) is 19.0. The number of halogens is 2. The molecule has 0 spiro atoms. The molecular formula is C20H12Cl2N2O. The lowest BCUT2D eigenvalue weighted by Gasteiger charge is -2.09. The monoisotopic (exact) mass is 366 g/mol. The number of hydrogen-bond donors (Lipinski definition) is 1. The van der Waals surface area contributed by atoms with Crippen molar-refractivity contribution < 1.29 is 4.52 Å². The van der Waals surface area contributed by atoms with E-state index >= 15 is 0 Å². The molecule has 25 heavy (non-hydrogen) atoms. The number of nitrogens with one attached hydrogen (secondary N) is 1. The van der Waals surface area contributed by atoms with Crippen LogP contribution in [0, 0.1) is 5.41 Å². The maximum absolute atomic E-state index is 7.69. The Labute approximate surface area is 154 Å². The molecule has 0 aliphatic rings. The van der Waals surface area contributed by atoms with Crippen molar-refractivity contribution in [2.24, 2.45) is 0 Å². The summed E-state index contributed by atoms with van der Waals surface area (Å²) >= 11 is 12.2. The van der Waals surface area contributed by atoms with Crippen molar-refractivity contribution >= 4 is 40.4 Å². The maximum Gasteiger partial charge on any atom is 0.167 e. The molecule has 3 nitrogen and oxygen atoms in total. The van der Waals surface area contributed by atoms with Crippen LogP contribution in [0.25, 0.3) is 33.4 Å². The quantitative estimate of drug-likeness (QED) is 0.422. The Morgan fingerprint density at radius 3 is 2.48 bits per heavy atom. The van der Waals surface area contributed by atoms with Gasteiger partial charge in [0.05, 0.1) is 10.0 Å². The van der Waals surface area contributed by atoms with E-state index in [1.165, 1.54) is 6.21 Å². The number of rotatable bonds is 3. The molecule has 4 rings (SSSR count). The summed E-state index contributed by atoms with van der Waals surface area (Å²) in [6.07, 6.45) is 1.32. The Balaban J connectivity index is 1.91. The smallest absolute Gasteiger partial charge is 0.167 e. The zero-order valence-electron chi connectivity index (χ0n) is 13.0. The van der Waals surface area contributed by atoms with Gasteiger partial charge < -0.3 is 9.93 Å². The molecule has 4 aromatic rings. The summed E-state index contributed by atoms with van der Waals surface area (Å²) in [5.41, 5.74) is 4.99. The van der Waals surface area contributed by atoms with Crippen LogP contribution >= 0.6 is 23.2 Å². The van der Waals surface area contributed by atoms with Gasteiger partial charge in [-0.2, -0.15) is 0 Å². The number of para-hydroxylation sites is 1. The van der Waals surface area contributed by atoms with E-state index in [9.17, 15) is 0 Å². The van der Waals surface area contributed by atoms with Crippen molar-refractivity contribution in [2.75, 3.05) is 0 Å². The third-order valence-electron chi connectivity index (χ3n) is 4.09. The third kappa shape index (κ3) is 2.82. The lowest BCUT2D eigenvalue weighted by atomic mass is 9.96. The highest BCUT2D eigenvalue weighted by Crippen LogP contribution is 2.34. The molecule has 0 unspecified atom stereocenters. The first-order chi connectivity index (χ1) is 12.2. The number of benzene rings is 3. The van der Waals surface area contributed by atoms with Crippen LogP contribution in [0.4, 0.5) is 0 Å². The van der Waals surface area contributed by atoms with Crippen LogP contribution in [0.15, 0.2) is 65.2 Å². The molecular weight excluding hydrogens is 355 g/mol. The number of hydrogen-bond acceptors (Lipinski definition) is 3. The molecule has 0 aliphatic heterocycles. The van der Waals surface area contributed by atoms with E-state index in [4.69, 9.17) is 33.1 Å². The van der Waals surface area contributed by atoms with Gasteiger partial charge in [-0.25, -0.2) is 0 Å². The van der Waals surface area contributed by atoms with Crippen molar-refractivity contribution in [1.29, 1.82) is 5.41 Å². The van der Waals surface area contributed by atoms with E-state index in [2.05, 4.69) is 5.16 Å². The van der Waals surface area contributed by atoms with Gasteiger partial charge in [-0.15, -0.1) is 0 Å². The van der Waals surface area contributed by atoms with Gasteiger partial charge in [0.2, 0.25) is 0 Å². The Morgan fingerprint density at radius 1 is 0.880 bits per heavy atom. The molecule has 0 amide bonds. The van der Waals surface area contributed by atoms with Crippen LogP contribution in [0.3, 0.4) is 0 Å². The van der Waals surface area contributed by atoms with E-state index < -0.39 is 0 Å². The van der Waals surface area contributed by atoms with Gasteiger partial charge in [-0.3, -0.25) is 0 Å². The predicted octanol–water partition coefficient (Wildman–Crippen LogP) is 6.47. The van der Waals surface area contributed by atoms with Gasteiger partial charge in [0.25, 0.3) is 0 Å². The minimum atomic E-state index is 0.479. The van der Waals surface area contributed by atoms with E-state index in [0.717, 1.165) is 38.9 Å². The molecule has 0 saturated heterocycles. The normalized spacial score (nSPS) is 11.0. The van der Waals surface area contributed by atoms with Crippen LogP contribution in [0.2, 0.25) is 10.0 Å². The van der Waals surface area contributed by atoms with Crippen LogP contribution < -0.4 is 0 Å². The van der Waals surface area contributed by atoms with Crippen LogP contribution in [0.1, 0.15) is 5.56 Å². The van der Waals surface area contributed by atoms with Crippen molar-refractivity contribution in [3.05, 3.63) is 76.3 Å². The zero-order chi connectivity index (χ0) is 17.4. The molecule has 3 aromatic carbocycles. The first-order valence-corrected chi connectivity index (χ1v) is 8.37. The summed E-state index contributed by atoms with van der Waals surface area (Å²) < 4.78 is 5.41. The topological polar surface area (TPSA) is 49.9 Å². The van der Waals surface area contributed by atoms with E-state index in [0.29, 0.717) is 10.0 Å². The van der Waals surface area contributed by atoms with Gasteiger partial charge in [-0.1, -0.05) is 58.7 Å². The lowest BCUT2D eigenvalue weighted by Crippen LogP contribution is -1.90. The highest BCUT2D eigenvalue weighted by atomic mass is 35.5. The summed E-state index contributed by atoms with van der Waals surface area (Å²) in [5.74, 6) is 0. The number of nitrogens with zero attached hydrogens (tertiary/aromatic N) is 1. The Kier molecular flexibility index (Phi) is 4.04. The fourth-order valence-corrected chi connectivity index (χ4v) is 3.14. The largest absolute Gasteiger partial charge is 0.356 e. The first-order valence-electron chi connectivity index (χ1n) is 7.62. The minimum absolute atomic E-state index is 0.479. The fourth-order valence-electron chi connectivity index (χ4n) is 2.84. The summed E-state index contributed by atoms with van der Waals surface area (Å²) in [6.45, 7) is 0. The standard InChI is InChI=1S/C20H12Cl2N2O/c21-17-8-7-12(10-18(17)22)16-9-13(5-6-14(16)11-23)20-15-3-1-2-4-19(15)25-24-20/h1-11,23H. The second-order valence-electron chi connectivity index (χ2n) is 5.60. The first kappa shape index (κ1) is 15.9. The maximum atomic E-state index is 7.69. The van der Waals surface area contributed by atoms with Gasteiger partial charge in [-0.05, 0) is 47.0 Å². The highest BCUT2D eigenvalue weighted by molar-refractivity contribution is 6.42. The molecule has 0 bridgehead atoms. The van der Waals surface area contributed by atoms with Gasteiger partial charge >= 0.3 is 0 Å². The van der Waals surface area contributed by atoms with E-state index in [1.807, 2.05) is 48.5 Å². The average Bonchev–Trinajstić information content (AvgIpc) is 3.07. The van der Waals surface area contributed by atoms with Crippen molar-refractivity contribution in [3.8, 4) is 22.4 Å². The summed E-state index contributed by atoms with van der Waals surface area (Å²) in [7, 11) is 0.